The summed E-state index contributed by atoms with van der Waals surface area (Å²) in [5, 5.41) is 23.0. The van der Waals surface area contributed by atoms with Crippen LogP contribution < -0.4 is 10.6 Å². The monoisotopic (exact) mass is 295 g/mol. The molecule has 2 rings (SSSR count). The first-order valence-corrected chi connectivity index (χ1v) is 6.38. The second kappa shape index (κ2) is 7.40. The Balaban J connectivity index is 2.13. The maximum absolute atomic E-state index is 10.9. The lowest BCUT2D eigenvalue weighted by Crippen LogP contribution is -2.27. The van der Waals surface area contributed by atoms with Crippen molar-refractivity contribution in [2.24, 2.45) is 4.99 Å². The van der Waals surface area contributed by atoms with Gasteiger partial charge in [0.15, 0.2) is 6.19 Å². The van der Waals surface area contributed by atoms with E-state index in [9.17, 15) is 4.79 Å². The van der Waals surface area contributed by atoms with Crippen molar-refractivity contribution < 1.29 is 9.90 Å². The highest BCUT2D eigenvalue weighted by molar-refractivity contribution is 5.96. The third-order valence-electron chi connectivity index (χ3n) is 2.69. The highest BCUT2D eigenvalue weighted by atomic mass is 16.4. The summed E-state index contributed by atoms with van der Waals surface area (Å²) in [6.45, 7) is 0.337. The average Bonchev–Trinajstić information content (AvgIpc) is 2.54. The summed E-state index contributed by atoms with van der Waals surface area (Å²) in [5.74, 6) is -0.792. The summed E-state index contributed by atoms with van der Waals surface area (Å²) >= 11 is 0. The number of nitrogens with zero attached hydrogens (tertiary/aromatic N) is 3. The number of anilines is 1. The first-order chi connectivity index (χ1) is 10.7. The van der Waals surface area contributed by atoms with Gasteiger partial charge in [-0.3, -0.25) is 10.3 Å². The number of nitrogens with one attached hydrogen (secondary N) is 2. The molecular formula is C15H13N5O2. The van der Waals surface area contributed by atoms with Crippen LogP contribution in [-0.4, -0.2) is 22.0 Å². The average molecular weight is 295 g/mol. The molecule has 0 spiro atoms. The Bertz CT molecular complexity index is 722. The zero-order chi connectivity index (χ0) is 15.8. The maximum Gasteiger partial charge on any atom is 0.335 e. The molecule has 1 heterocycles. The molecule has 2 aromatic rings. The van der Waals surface area contributed by atoms with E-state index in [-0.39, 0.29) is 11.5 Å². The fraction of sp³-hybridized carbons (Fsp3) is 0.0667. The van der Waals surface area contributed by atoms with Gasteiger partial charge in [-0.2, -0.15) is 5.26 Å². The molecule has 3 N–H and O–H groups in total. The zero-order valence-electron chi connectivity index (χ0n) is 11.5. The Morgan fingerprint density at radius 1 is 1.36 bits per heavy atom. The largest absolute Gasteiger partial charge is 0.478 e. The van der Waals surface area contributed by atoms with Gasteiger partial charge in [0.05, 0.1) is 12.1 Å². The lowest BCUT2D eigenvalue weighted by Gasteiger charge is -2.08. The van der Waals surface area contributed by atoms with Gasteiger partial charge in [0, 0.05) is 18.1 Å². The van der Waals surface area contributed by atoms with Gasteiger partial charge >= 0.3 is 5.97 Å². The molecule has 0 radical (unpaired) electrons. The molecule has 0 aliphatic carbocycles. The van der Waals surface area contributed by atoms with Gasteiger partial charge in [0.1, 0.15) is 0 Å². The molecule has 0 bridgehead atoms. The summed E-state index contributed by atoms with van der Waals surface area (Å²) in [6.07, 6.45) is 5.13. The first kappa shape index (κ1) is 15.0. The van der Waals surface area contributed by atoms with E-state index < -0.39 is 5.97 Å². The van der Waals surface area contributed by atoms with Crippen LogP contribution in [0.1, 0.15) is 15.9 Å². The minimum Gasteiger partial charge on any atom is -0.478 e. The Labute approximate surface area is 127 Å². The molecule has 0 unspecified atom stereocenters. The number of carboxylic acids is 1. The number of pyridine rings is 1. The van der Waals surface area contributed by atoms with Crippen molar-refractivity contribution in [1.29, 1.82) is 5.26 Å². The van der Waals surface area contributed by atoms with E-state index in [1.165, 1.54) is 12.1 Å². The third-order valence-corrected chi connectivity index (χ3v) is 2.69. The second-order valence-electron chi connectivity index (χ2n) is 4.27. The number of aromatic carboxylic acids is 1. The van der Waals surface area contributed by atoms with Crippen molar-refractivity contribution in [2.75, 3.05) is 5.32 Å². The number of hydrogen-bond acceptors (Lipinski definition) is 4. The van der Waals surface area contributed by atoms with Crippen LogP contribution in [0.15, 0.2) is 53.8 Å². The van der Waals surface area contributed by atoms with Crippen molar-refractivity contribution >= 4 is 17.6 Å². The van der Waals surface area contributed by atoms with Crippen LogP contribution in [-0.2, 0) is 6.54 Å². The van der Waals surface area contributed by atoms with Crippen LogP contribution in [0.2, 0.25) is 0 Å². The molecule has 0 aliphatic heterocycles. The first-order valence-electron chi connectivity index (χ1n) is 6.38. The molecule has 110 valence electrons. The molecular weight excluding hydrogens is 282 g/mol. The van der Waals surface area contributed by atoms with Crippen LogP contribution in [0.5, 0.6) is 0 Å². The van der Waals surface area contributed by atoms with E-state index in [1.807, 2.05) is 6.07 Å². The van der Waals surface area contributed by atoms with Gasteiger partial charge in [0.25, 0.3) is 0 Å². The number of nitriles is 1. The molecule has 0 saturated carbocycles. The standard InChI is InChI=1S/C15H13N5O2/c16-10-19-15(18-9-11-3-2-6-17-8-11)20-13-5-1-4-12(7-13)14(21)22/h1-8H,9H2,(H,21,22)(H2,18,19,20). The molecule has 0 saturated heterocycles. The molecule has 22 heavy (non-hydrogen) atoms. The topological polar surface area (TPSA) is 110 Å². The highest BCUT2D eigenvalue weighted by Gasteiger charge is 2.05. The van der Waals surface area contributed by atoms with E-state index in [4.69, 9.17) is 10.4 Å². The molecule has 0 aliphatic rings. The summed E-state index contributed by atoms with van der Waals surface area (Å²) < 4.78 is 0. The summed E-state index contributed by atoms with van der Waals surface area (Å²) in [7, 11) is 0. The smallest absolute Gasteiger partial charge is 0.335 e. The quantitative estimate of drug-likeness (QED) is 0.343. The molecule has 0 amide bonds. The minimum atomic E-state index is -1.02. The molecule has 7 heteroatoms. The normalized spacial score (nSPS) is 10.6. The summed E-state index contributed by atoms with van der Waals surface area (Å²) in [6, 6.07) is 9.90. The fourth-order valence-electron chi connectivity index (χ4n) is 1.69. The van der Waals surface area contributed by atoms with E-state index in [1.54, 1.807) is 36.8 Å². The van der Waals surface area contributed by atoms with Crippen molar-refractivity contribution in [3.05, 3.63) is 59.9 Å². The fourth-order valence-corrected chi connectivity index (χ4v) is 1.69. The van der Waals surface area contributed by atoms with Crippen molar-refractivity contribution in [1.82, 2.24) is 10.3 Å². The minimum absolute atomic E-state index is 0.147. The molecule has 1 aromatic heterocycles. The van der Waals surface area contributed by atoms with Gasteiger partial charge in [-0.1, -0.05) is 12.1 Å². The van der Waals surface area contributed by atoms with Crippen LogP contribution in [0.4, 0.5) is 5.69 Å². The molecule has 0 fully saturated rings. The van der Waals surface area contributed by atoms with E-state index >= 15 is 0 Å². The summed E-state index contributed by atoms with van der Waals surface area (Å²) in [5.41, 5.74) is 1.56. The third kappa shape index (κ3) is 4.31. The molecule has 7 nitrogen and oxygen atoms in total. The van der Waals surface area contributed by atoms with Crippen molar-refractivity contribution in [3.63, 3.8) is 0 Å². The number of benzene rings is 1. The van der Waals surface area contributed by atoms with Crippen LogP contribution in [0.3, 0.4) is 0 Å². The number of carbonyl (C=O) groups is 1. The van der Waals surface area contributed by atoms with Crippen molar-refractivity contribution in [2.45, 2.75) is 6.54 Å². The predicted octanol–water partition coefficient (Wildman–Crippen LogP) is 1.82. The van der Waals surface area contributed by atoms with Crippen molar-refractivity contribution in [3.8, 4) is 6.19 Å². The van der Waals surface area contributed by atoms with Gasteiger partial charge in [-0.25, -0.2) is 9.79 Å². The van der Waals surface area contributed by atoms with E-state index in [0.29, 0.717) is 12.2 Å². The Morgan fingerprint density at radius 3 is 2.91 bits per heavy atom. The number of carboxylic acid groups (broad SMARTS) is 1. The number of guanidine groups is 1. The van der Waals surface area contributed by atoms with Gasteiger partial charge in [-0.05, 0) is 29.8 Å². The Morgan fingerprint density at radius 2 is 2.23 bits per heavy atom. The van der Waals surface area contributed by atoms with E-state index in [2.05, 4.69) is 20.6 Å². The lowest BCUT2D eigenvalue weighted by atomic mass is 10.2. The lowest BCUT2D eigenvalue weighted by molar-refractivity contribution is 0.0697. The van der Waals surface area contributed by atoms with Gasteiger partial charge in [-0.15, -0.1) is 0 Å². The predicted molar refractivity (Wildman–Crippen MR) is 81.1 cm³/mol. The summed E-state index contributed by atoms with van der Waals surface area (Å²) in [4.78, 5) is 19.2. The second-order valence-corrected chi connectivity index (χ2v) is 4.27. The van der Waals surface area contributed by atoms with Crippen LogP contribution in [0, 0.1) is 11.5 Å². The number of aliphatic imine (C=N–C) groups is 1. The van der Waals surface area contributed by atoms with Gasteiger partial charge in [0.2, 0.25) is 5.96 Å². The molecule has 1 aromatic carbocycles. The molecule has 0 atom stereocenters. The van der Waals surface area contributed by atoms with Crippen LogP contribution in [0.25, 0.3) is 0 Å². The Hall–Kier alpha value is -3.40. The maximum atomic E-state index is 10.9. The van der Waals surface area contributed by atoms with Crippen LogP contribution >= 0.6 is 0 Å². The Kier molecular flexibility index (Phi) is 5.04. The van der Waals surface area contributed by atoms with E-state index in [0.717, 1.165) is 5.56 Å². The zero-order valence-corrected chi connectivity index (χ0v) is 11.5. The van der Waals surface area contributed by atoms with Gasteiger partial charge < -0.3 is 10.4 Å². The number of hydrogen-bond donors (Lipinski definition) is 3. The SMILES string of the molecule is N#CNC(=NCc1cccnc1)Nc1cccc(C(=O)O)c1. The number of rotatable bonds is 4. The number of aromatic nitrogens is 1. The highest BCUT2D eigenvalue weighted by Crippen LogP contribution is 2.10.